The summed E-state index contributed by atoms with van der Waals surface area (Å²) >= 11 is 0. The molecule has 0 spiro atoms. The normalized spacial score (nSPS) is 16.7. The van der Waals surface area contributed by atoms with Crippen LogP contribution in [-0.4, -0.2) is 5.11 Å². The molecule has 0 aromatic heterocycles. The van der Waals surface area contributed by atoms with Crippen molar-refractivity contribution in [2.45, 2.75) is 85.5 Å². The summed E-state index contributed by atoms with van der Waals surface area (Å²) in [5, 5.41) is 10.2. The fourth-order valence-electron chi connectivity index (χ4n) is 3.23. The molecule has 1 N–H and O–H groups in total. The first-order chi connectivity index (χ1) is 10.4. The molecule has 1 aromatic rings. The molecule has 2 rings (SSSR count). The van der Waals surface area contributed by atoms with Crippen molar-refractivity contribution < 1.29 is 5.11 Å². The van der Waals surface area contributed by atoms with E-state index < -0.39 is 0 Å². The molecule has 124 valence electrons. The minimum Gasteiger partial charge on any atom is -0.508 e. The predicted octanol–water partition coefficient (Wildman–Crippen LogP) is 6.27. The molecule has 1 heteroatoms. The first kappa shape index (κ1) is 17.4. The van der Waals surface area contributed by atoms with Crippen LogP contribution in [0.3, 0.4) is 0 Å². The molecule has 0 bridgehead atoms. The Labute approximate surface area is 137 Å². The van der Waals surface area contributed by atoms with E-state index in [2.05, 4.69) is 33.8 Å². The van der Waals surface area contributed by atoms with Gasteiger partial charge in [-0.2, -0.15) is 0 Å². The monoisotopic (exact) mass is 302 g/mol. The van der Waals surface area contributed by atoms with Gasteiger partial charge in [0.25, 0.3) is 0 Å². The molecular weight excluding hydrogens is 268 g/mol. The molecule has 1 fully saturated rings. The average molecular weight is 303 g/mol. The van der Waals surface area contributed by atoms with E-state index in [1.807, 2.05) is 12.1 Å². The van der Waals surface area contributed by atoms with Gasteiger partial charge in [-0.15, -0.1) is 0 Å². The van der Waals surface area contributed by atoms with Gasteiger partial charge in [-0.05, 0) is 79.4 Å². The third kappa shape index (κ3) is 5.04. The second-order valence-electron chi connectivity index (χ2n) is 8.45. The van der Waals surface area contributed by atoms with Gasteiger partial charge < -0.3 is 5.11 Å². The van der Waals surface area contributed by atoms with Crippen LogP contribution in [0.2, 0.25) is 0 Å². The maximum atomic E-state index is 10.2. The second-order valence-corrected chi connectivity index (χ2v) is 8.45. The Balaban J connectivity index is 1.90. The number of hydrogen-bond acceptors (Lipinski definition) is 1. The van der Waals surface area contributed by atoms with Crippen LogP contribution in [0.25, 0.3) is 0 Å². The summed E-state index contributed by atoms with van der Waals surface area (Å²) in [6, 6.07) is 6.07. The summed E-state index contributed by atoms with van der Waals surface area (Å²) in [7, 11) is 0. The Morgan fingerprint density at radius 2 is 1.86 bits per heavy atom. The molecule has 0 aliphatic heterocycles. The van der Waals surface area contributed by atoms with Crippen LogP contribution in [0.1, 0.15) is 83.8 Å². The Morgan fingerprint density at radius 3 is 2.50 bits per heavy atom. The molecule has 0 amide bonds. The van der Waals surface area contributed by atoms with Gasteiger partial charge in [0.2, 0.25) is 0 Å². The Bertz CT molecular complexity index is 483. The maximum Gasteiger partial charge on any atom is 0.119 e. The van der Waals surface area contributed by atoms with Crippen LogP contribution in [0.4, 0.5) is 0 Å². The molecule has 1 aliphatic rings. The third-order valence-electron chi connectivity index (χ3n) is 5.82. The van der Waals surface area contributed by atoms with Gasteiger partial charge in [-0.25, -0.2) is 0 Å². The third-order valence-corrected chi connectivity index (χ3v) is 5.82. The van der Waals surface area contributed by atoms with Crippen molar-refractivity contribution in [1.29, 1.82) is 0 Å². The van der Waals surface area contributed by atoms with Gasteiger partial charge in [0.05, 0.1) is 0 Å². The number of phenolic OH excluding ortho intramolecular Hbond substituents is 1. The van der Waals surface area contributed by atoms with E-state index in [1.165, 1.54) is 56.1 Å². The van der Waals surface area contributed by atoms with Crippen LogP contribution < -0.4 is 0 Å². The van der Waals surface area contributed by atoms with E-state index in [9.17, 15) is 5.11 Å². The molecular formula is C21H34O. The molecule has 1 saturated carbocycles. The lowest BCUT2D eigenvalue weighted by Gasteiger charge is -2.22. The quantitative estimate of drug-likeness (QED) is 0.569. The van der Waals surface area contributed by atoms with Gasteiger partial charge in [0.1, 0.15) is 5.75 Å². The lowest BCUT2D eigenvalue weighted by Crippen LogP contribution is -2.10. The van der Waals surface area contributed by atoms with Crippen LogP contribution in [0, 0.1) is 10.8 Å². The molecule has 22 heavy (non-hydrogen) atoms. The first-order valence-electron chi connectivity index (χ1n) is 9.15. The number of rotatable bonds is 9. The Kier molecular flexibility index (Phi) is 5.58. The Morgan fingerprint density at radius 1 is 1.14 bits per heavy atom. The average Bonchev–Trinajstić information content (AvgIpc) is 3.19. The van der Waals surface area contributed by atoms with E-state index in [0.717, 1.165) is 12.8 Å². The highest BCUT2D eigenvalue weighted by atomic mass is 16.3. The minimum absolute atomic E-state index is 0.442. The summed E-state index contributed by atoms with van der Waals surface area (Å²) in [6.07, 6.45) is 11.2. The standard InChI is InChI=1S/C21H34O/c1-5-20(2,3)13-7-10-17-9-6-12-19(22)18(17)11-8-14-21(4)15-16-21/h6,9,12,22H,5,7-8,10-11,13-16H2,1-4H3. The minimum atomic E-state index is 0.442. The van der Waals surface area contributed by atoms with Gasteiger partial charge in [0.15, 0.2) is 0 Å². The van der Waals surface area contributed by atoms with Gasteiger partial charge >= 0.3 is 0 Å². The topological polar surface area (TPSA) is 20.2 Å². The highest BCUT2D eigenvalue weighted by molar-refractivity contribution is 5.39. The van der Waals surface area contributed by atoms with E-state index in [4.69, 9.17) is 0 Å². The van der Waals surface area contributed by atoms with Crippen molar-refractivity contribution in [1.82, 2.24) is 0 Å². The number of phenols is 1. The number of benzene rings is 1. The van der Waals surface area contributed by atoms with Gasteiger partial charge in [-0.3, -0.25) is 0 Å². The summed E-state index contributed by atoms with van der Waals surface area (Å²) in [4.78, 5) is 0. The largest absolute Gasteiger partial charge is 0.508 e. The molecule has 1 aliphatic carbocycles. The lowest BCUT2D eigenvalue weighted by atomic mass is 9.83. The van der Waals surface area contributed by atoms with Crippen molar-refractivity contribution in [3.05, 3.63) is 29.3 Å². The molecule has 1 nitrogen and oxygen atoms in total. The van der Waals surface area contributed by atoms with Crippen LogP contribution in [0.5, 0.6) is 5.75 Å². The smallest absolute Gasteiger partial charge is 0.119 e. The number of hydrogen-bond donors (Lipinski definition) is 1. The van der Waals surface area contributed by atoms with Crippen molar-refractivity contribution in [2.75, 3.05) is 0 Å². The van der Waals surface area contributed by atoms with E-state index >= 15 is 0 Å². The summed E-state index contributed by atoms with van der Waals surface area (Å²) in [5.41, 5.74) is 3.64. The van der Waals surface area contributed by atoms with Gasteiger partial charge in [0, 0.05) is 0 Å². The molecule has 0 heterocycles. The molecule has 0 atom stereocenters. The number of aromatic hydroxyl groups is 1. The fourth-order valence-corrected chi connectivity index (χ4v) is 3.23. The highest BCUT2D eigenvalue weighted by Crippen LogP contribution is 2.49. The summed E-state index contributed by atoms with van der Waals surface area (Å²) < 4.78 is 0. The second kappa shape index (κ2) is 7.06. The maximum absolute atomic E-state index is 10.2. The van der Waals surface area contributed by atoms with E-state index in [-0.39, 0.29) is 0 Å². The van der Waals surface area contributed by atoms with Crippen molar-refractivity contribution >= 4 is 0 Å². The van der Waals surface area contributed by atoms with Crippen LogP contribution in [0.15, 0.2) is 18.2 Å². The SMILES string of the molecule is CCC(C)(C)CCCc1cccc(O)c1CCCC1(C)CC1. The zero-order valence-electron chi connectivity index (χ0n) is 15.0. The van der Waals surface area contributed by atoms with Crippen molar-refractivity contribution in [3.63, 3.8) is 0 Å². The fraction of sp³-hybridized carbons (Fsp3) is 0.714. The van der Waals surface area contributed by atoms with Crippen molar-refractivity contribution in [2.24, 2.45) is 10.8 Å². The van der Waals surface area contributed by atoms with Crippen molar-refractivity contribution in [3.8, 4) is 5.75 Å². The summed E-state index contributed by atoms with van der Waals surface area (Å²) in [5.74, 6) is 0.508. The van der Waals surface area contributed by atoms with Gasteiger partial charge in [-0.1, -0.05) is 46.2 Å². The van der Waals surface area contributed by atoms with E-state index in [0.29, 0.717) is 16.6 Å². The summed E-state index contributed by atoms with van der Waals surface area (Å²) in [6.45, 7) is 9.38. The zero-order chi connectivity index (χ0) is 16.2. The van der Waals surface area contributed by atoms with E-state index in [1.54, 1.807) is 0 Å². The first-order valence-corrected chi connectivity index (χ1v) is 9.15. The molecule has 0 saturated heterocycles. The lowest BCUT2D eigenvalue weighted by molar-refractivity contribution is 0.313. The molecule has 0 radical (unpaired) electrons. The van der Waals surface area contributed by atoms with Crippen LogP contribution in [-0.2, 0) is 12.8 Å². The predicted molar refractivity (Wildman–Crippen MR) is 95.4 cm³/mol. The zero-order valence-corrected chi connectivity index (χ0v) is 15.0. The Hall–Kier alpha value is -0.980. The number of aryl methyl sites for hydroxylation is 1. The highest BCUT2D eigenvalue weighted by Gasteiger charge is 2.36. The molecule has 0 unspecified atom stereocenters. The van der Waals surface area contributed by atoms with Crippen LogP contribution >= 0.6 is 0 Å². The molecule has 1 aromatic carbocycles.